The molecule has 0 N–H and O–H groups in total. The number of methoxy groups -OCH3 is 1. The number of carbonyl (C=O) groups excluding carboxylic acids is 1. The predicted molar refractivity (Wildman–Crippen MR) is 104 cm³/mol. The highest BCUT2D eigenvalue weighted by Crippen LogP contribution is 2.42. The van der Waals surface area contributed by atoms with Gasteiger partial charge in [0.25, 0.3) is 0 Å². The maximum Gasteiger partial charge on any atom is 0.246 e. The smallest absolute Gasteiger partial charge is 0.246 e. The highest BCUT2D eigenvalue weighted by Gasteiger charge is 2.49. The fraction of sp³-hybridized carbons (Fsp3) is 0.381. The lowest BCUT2D eigenvalue weighted by Gasteiger charge is -2.30. The number of amides is 1. The fourth-order valence-electron chi connectivity index (χ4n) is 4.07. The first-order valence-electron chi connectivity index (χ1n) is 9.10. The van der Waals surface area contributed by atoms with Crippen LogP contribution in [0.5, 0.6) is 5.75 Å². The van der Waals surface area contributed by atoms with E-state index in [1.54, 1.807) is 7.11 Å². The number of ether oxygens (including phenoxy) is 1. The number of hydrogen-bond acceptors (Lipinski definition) is 4. The molecule has 2 saturated heterocycles. The van der Waals surface area contributed by atoms with E-state index in [4.69, 9.17) is 4.74 Å². The second-order valence-electron chi connectivity index (χ2n) is 7.16. The molecule has 2 aliphatic heterocycles. The Hall–Kier alpha value is -2.53. The highest BCUT2D eigenvalue weighted by molar-refractivity contribution is 6.00. The zero-order valence-electron chi connectivity index (χ0n) is 15.6. The minimum atomic E-state index is -0.0420. The van der Waals surface area contributed by atoms with Gasteiger partial charge in [-0.25, -0.2) is 0 Å². The van der Waals surface area contributed by atoms with Gasteiger partial charge in [-0.15, -0.1) is 0 Å². The first-order valence-corrected chi connectivity index (χ1v) is 9.10. The molecule has 0 saturated carbocycles. The lowest BCUT2D eigenvalue weighted by molar-refractivity contribution is -0.119. The molecule has 0 bridgehead atoms. The van der Waals surface area contributed by atoms with Crippen LogP contribution in [0.3, 0.4) is 0 Å². The Balaban J connectivity index is 1.73. The molecular formula is C21H25N3O2. The molecule has 4 rings (SSSR count). The molecule has 1 amide bonds. The molecule has 0 spiro atoms. The average Bonchev–Trinajstić information content (AvgIpc) is 3.24. The van der Waals surface area contributed by atoms with Gasteiger partial charge in [0.1, 0.15) is 11.9 Å². The quantitative estimate of drug-likeness (QED) is 0.847. The maximum absolute atomic E-state index is 13.1. The minimum absolute atomic E-state index is 0.00405. The van der Waals surface area contributed by atoms with Crippen LogP contribution in [0.25, 0.3) is 0 Å². The third-order valence-electron chi connectivity index (χ3n) is 5.43. The van der Waals surface area contributed by atoms with Crippen molar-refractivity contribution in [2.24, 2.45) is 0 Å². The van der Waals surface area contributed by atoms with Crippen molar-refractivity contribution in [3.8, 4) is 5.75 Å². The third-order valence-corrected chi connectivity index (χ3v) is 5.43. The lowest BCUT2D eigenvalue weighted by atomic mass is 10.1. The van der Waals surface area contributed by atoms with Gasteiger partial charge in [0.15, 0.2) is 0 Å². The van der Waals surface area contributed by atoms with Crippen LogP contribution in [0.1, 0.15) is 24.6 Å². The van der Waals surface area contributed by atoms with E-state index in [0.29, 0.717) is 0 Å². The Bertz CT molecular complexity index is 786. The molecule has 2 aliphatic rings. The summed E-state index contributed by atoms with van der Waals surface area (Å²) in [4.78, 5) is 19.5. The molecule has 5 heteroatoms. The molecular weight excluding hydrogens is 326 g/mol. The van der Waals surface area contributed by atoms with E-state index in [9.17, 15) is 4.79 Å². The summed E-state index contributed by atoms with van der Waals surface area (Å²) in [5, 5.41) is 0. The molecule has 2 heterocycles. The molecule has 2 aromatic carbocycles. The van der Waals surface area contributed by atoms with E-state index >= 15 is 0 Å². The molecule has 0 aromatic heterocycles. The predicted octanol–water partition coefficient (Wildman–Crippen LogP) is 3.27. The van der Waals surface area contributed by atoms with Crippen LogP contribution in [0.4, 0.5) is 11.4 Å². The Morgan fingerprint density at radius 3 is 2.35 bits per heavy atom. The standard InChI is InChI=1S/C21H25N3O2/c1-22(2)16-8-6-15(7-9-16)20-23-14-4-5-19(23)21(25)24(20)17-10-12-18(26-3)13-11-17/h6-13,19-20H,4-5,14H2,1-3H3/t19-,20+/m1/s1. The van der Waals surface area contributed by atoms with Crippen molar-refractivity contribution in [1.82, 2.24) is 4.90 Å². The van der Waals surface area contributed by atoms with E-state index in [0.717, 1.165) is 42.1 Å². The summed E-state index contributed by atoms with van der Waals surface area (Å²) in [6.45, 7) is 0.961. The summed E-state index contributed by atoms with van der Waals surface area (Å²) in [7, 11) is 5.73. The van der Waals surface area contributed by atoms with Gasteiger partial charge in [-0.2, -0.15) is 0 Å². The Kier molecular flexibility index (Phi) is 4.32. The second kappa shape index (κ2) is 6.65. The van der Waals surface area contributed by atoms with E-state index in [1.165, 1.54) is 0 Å². The van der Waals surface area contributed by atoms with Crippen molar-refractivity contribution in [2.45, 2.75) is 25.0 Å². The number of anilines is 2. The van der Waals surface area contributed by atoms with Gasteiger partial charge in [0, 0.05) is 32.0 Å². The van der Waals surface area contributed by atoms with Crippen molar-refractivity contribution in [3.05, 3.63) is 54.1 Å². The largest absolute Gasteiger partial charge is 0.497 e. The van der Waals surface area contributed by atoms with E-state index < -0.39 is 0 Å². The third kappa shape index (κ3) is 2.72. The van der Waals surface area contributed by atoms with Crippen LogP contribution in [0.2, 0.25) is 0 Å². The summed E-state index contributed by atoms with van der Waals surface area (Å²) in [5.41, 5.74) is 3.24. The Labute approximate surface area is 154 Å². The maximum atomic E-state index is 13.1. The monoisotopic (exact) mass is 351 g/mol. The first kappa shape index (κ1) is 16.9. The Morgan fingerprint density at radius 2 is 1.73 bits per heavy atom. The van der Waals surface area contributed by atoms with Gasteiger partial charge < -0.3 is 9.64 Å². The molecule has 0 unspecified atom stereocenters. The summed E-state index contributed by atoms with van der Waals surface area (Å²) in [5.74, 6) is 1.00. The molecule has 2 aromatic rings. The van der Waals surface area contributed by atoms with Crippen LogP contribution in [0, 0.1) is 0 Å². The molecule has 0 aliphatic carbocycles. The normalized spacial score (nSPS) is 22.6. The van der Waals surface area contributed by atoms with Crippen molar-refractivity contribution >= 4 is 17.3 Å². The number of rotatable bonds is 4. The van der Waals surface area contributed by atoms with Gasteiger partial charge in [-0.3, -0.25) is 14.6 Å². The molecule has 5 nitrogen and oxygen atoms in total. The van der Waals surface area contributed by atoms with Gasteiger partial charge >= 0.3 is 0 Å². The summed E-state index contributed by atoms with van der Waals surface area (Å²) >= 11 is 0. The van der Waals surface area contributed by atoms with Crippen molar-refractivity contribution < 1.29 is 9.53 Å². The number of fused-ring (bicyclic) bond motifs is 1. The van der Waals surface area contributed by atoms with Crippen LogP contribution in [0.15, 0.2) is 48.5 Å². The SMILES string of the molecule is COc1ccc(N2C(=O)[C@H]3CCCN3[C@@H]2c2ccc(N(C)C)cc2)cc1. The zero-order chi connectivity index (χ0) is 18.3. The van der Waals surface area contributed by atoms with Crippen LogP contribution < -0.4 is 14.5 Å². The summed E-state index contributed by atoms with van der Waals surface area (Å²) in [6, 6.07) is 16.3. The van der Waals surface area contributed by atoms with Crippen LogP contribution in [-0.2, 0) is 4.79 Å². The Morgan fingerprint density at radius 1 is 1.04 bits per heavy atom. The van der Waals surface area contributed by atoms with Crippen molar-refractivity contribution in [1.29, 1.82) is 0 Å². The number of nitrogens with zero attached hydrogens (tertiary/aromatic N) is 3. The zero-order valence-corrected chi connectivity index (χ0v) is 15.6. The number of benzene rings is 2. The number of hydrogen-bond donors (Lipinski definition) is 0. The lowest BCUT2D eigenvalue weighted by Crippen LogP contribution is -2.32. The molecule has 26 heavy (non-hydrogen) atoms. The van der Waals surface area contributed by atoms with E-state index in [1.807, 2.05) is 43.3 Å². The molecule has 0 radical (unpaired) electrons. The molecule has 136 valence electrons. The fourth-order valence-corrected chi connectivity index (χ4v) is 4.07. The van der Waals surface area contributed by atoms with Gasteiger partial charge in [0.05, 0.1) is 13.2 Å². The highest BCUT2D eigenvalue weighted by atomic mass is 16.5. The average molecular weight is 351 g/mol. The topological polar surface area (TPSA) is 36.0 Å². The van der Waals surface area contributed by atoms with Gasteiger partial charge in [0.2, 0.25) is 5.91 Å². The van der Waals surface area contributed by atoms with Crippen LogP contribution in [-0.4, -0.2) is 44.6 Å². The molecule has 2 atom stereocenters. The van der Waals surface area contributed by atoms with Gasteiger partial charge in [-0.1, -0.05) is 12.1 Å². The summed E-state index contributed by atoms with van der Waals surface area (Å²) < 4.78 is 5.26. The van der Waals surface area contributed by atoms with Crippen LogP contribution >= 0.6 is 0 Å². The number of carbonyl (C=O) groups is 1. The first-order chi connectivity index (χ1) is 12.6. The van der Waals surface area contributed by atoms with Gasteiger partial charge in [-0.05, 0) is 54.8 Å². The van der Waals surface area contributed by atoms with E-state index in [-0.39, 0.29) is 18.1 Å². The molecule has 2 fully saturated rings. The van der Waals surface area contributed by atoms with Crippen molar-refractivity contribution in [2.75, 3.05) is 37.5 Å². The summed E-state index contributed by atoms with van der Waals surface area (Å²) in [6.07, 6.45) is 1.98. The second-order valence-corrected chi connectivity index (χ2v) is 7.16. The minimum Gasteiger partial charge on any atom is -0.497 e. The van der Waals surface area contributed by atoms with Crippen molar-refractivity contribution in [3.63, 3.8) is 0 Å². The van der Waals surface area contributed by atoms with E-state index in [2.05, 4.69) is 34.1 Å².